The molecule has 1 amide bonds. The number of aliphatic hydroxyl groups excluding tert-OH is 1. The highest BCUT2D eigenvalue weighted by Crippen LogP contribution is 2.29. The summed E-state index contributed by atoms with van der Waals surface area (Å²) in [6.45, 7) is 0. The molecule has 26 heavy (non-hydrogen) atoms. The van der Waals surface area contributed by atoms with Crippen molar-refractivity contribution in [3.63, 3.8) is 0 Å². The first-order valence-corrected chi connectivity index (χ1v) is 7.89. The average molecular weight is 341 g/mol. The molecule has 0 aliphatic carbocycles. The van der Waals surface area contributed by atoms with Gasteiger partial charge in [-0.05, 0) is 23.8 Å². The Morgan fingerprint density at radius 3 is 2.31 bits per heavy atom. The van der Waals surface area contributed by atoms with E-state index in [1.54, 1.807) is 48.6 Å². The Kier molecular flexibility index (Phi) is 4.77. The summed E-state index contributed by atoms with van der Waals surface area (Å²) in [7, 11) is 0. The Bertz CT molecular complexity index is 981. The first kappa shape index (κ1) is 16.9. The lowest BCUT2D eigenvalue weighted by atomic mass is 10.2. The van der Waals surface area contributed by atoms with Gasteiger partial charge in [0.25, 0.3) is 5.91 Å². The van der Waals surface area contributed by atoms with E-state index in [1.165, 1.54) is 6.08 Å². The summed E-state index contributed by atoms with van der Waals surface area (Å²) < 4.78 is 0. The van der Waals surface area contributed by atoms with E-state index in [1.807, 2.05) is 30.3 Å². The number of nitrogens with one attached hydrogen (secondary N) is 1. The van der Waals surface area contributed by atoms with E-state index in [2.05, 4.69) is 0 Å². The van der Waals surface area contributed by atoms with Crippen molar-refractivity contribution >= 4 is 17.8 Å². The summed E-state index contributed by atoms with van der Waals surface area (Å²) in [6, 6.07) is 19.8. The van der Waals surface area contributed by atoms with E-state index in [-0.39, 0.29) is 22.9 Å². The van der Waals surface area contributed by atoms with Crippen LogP contribution in [-0.4, -0.2) is 21.7 Å². The van der Waals surface area contributed by atoms with Crippen LogP contribution in [0.2, 0.25) is 0 Å². The Morgan fingerprint density at radius 2 is 1.69 bits per heavy atom. The highest BCUT2D eigenvalue weighted by atomic mass is 16.3. The van der Waals surface area contributed by atoms with Crippen LogP contribution in [0.5, 0.6) is 0 Å². The van der Waals surface area contributed by atoms with Crippen molar-refractivity contribution in [2.75, 3.05) is 0 Å². The number of hydrogen-bond donors (Lipinski definition) is 2. The van der Waals surface area contributed by atoms with Gasteiger partial charge in [0.2, 0.25) is 0 Å². The molecule has 2 aromatic rings. The van der Waals surface area contributed by atoms with Crippen molar-refractivity contribution in [1.29, 1.82) is 10.7 Å². The maximum Gasteiger partial charge on any atom is 0.264 e. The maximum absolute atomic E-state index is 12.8. The monoisotopic (exact) mass is 341 g/mol. The molecular weight excluding hydrogens is 326 g/mol. The molecule has 126 valence electrons. The summed E-state index contributed by atoms with van der Waals surface area (Å²) in [5.74, 6) is -1.19. The first-order valence-electron chi connectivity index (χ1n) is 7.89. The summed E-state index contributed by atoms with van der Waals surface area (Å²) >= 11 is 0. The number of carbonyl (C=O) groups is 1. The Morgan fingerprint density at radius 1 is 1.08 bits per heavy atom. The lowest BCUT2D eigenvalue weighted by Crippen LogP contribution is -2.32. The fourth-order valence-corrected chi connectivity index (χ4v) is 2.57. The number of rotatable bonds is 3. The molecule has 0 unspecified atom stereocenters. The van der Waals surface area contributed by atoms with Gasteiger partial charge in [0.05, 0.1) is 5.70 Å². The second-order valence-electron chi connectivity index (χ2n) is 5.51. The van der Waals surface area contributed by atoms with Crippen molar-refractivity contribution < 1.29 is 9.90 Å². The largest absolute Gasteiger partial charge is 0.504 e. The Hall–Kier alpha value is -3.91. The van der Waals surface area contributed by atoms with E-state index in [0.29, 0.717) is 5.56 Å². The van der Waals surface area contributed by atoms with Crippen LogP contribution in [0.15, 0.2) is 89.8 Å². The first-order chi connectivity index (χ1) is 12.6. The topological polar surface area (TPSA) is 88.2 Å². The van der Waals surface area contributed by atoms with Crippen molar-refractivity contribution in [3.05, 3.63) is 101 Å². The molecule has 5 nitrogen and oxygen atoms in total. The molecule has 0 bridgehead atoms. The Balaban J connectivity index is 1.98. The molecule has 0 saturated heterocycles. The summed E-state index contributed by atoms with van der Waals surface area (Å²) in [4.78, 5) is 13.8. The number of allylic oxidation sites excluding steroid dienone is 2. The Labute approximate surface area is 150 Å². The third-order valence-electron chi connectivity index (χ3n) is 3.86. The van der Waals surface area contributed by atoms with Gasteiger partial charge in [0.1, 0.15) is 11.6 Å². The van der Waals surface area contributed by atoms with E-state index >= 15 is 0 Å². The molecule has 1 aliphatic heterocycles. The summed E-state index contributed by atoms with van der Waals surface area (Å²) in [6.07, 6.45) is 4.99. The van der Waals surface area contributed by atoms with Crippen LogP contribution in [0.25, 0.3) is 6.08 Å². The van der Waals surface area contributed by atoms with E-state index in [4.69, 9.17) is 5.41 Å². The number of amidine groups is 1. The zero-order chi connectivity index (χ0) is 18.5. The van der Waals surface area contributed by atoms with Crippen LogP contribution in [0.3, 0.4) is 0 Å². The third-order valence-corrected chi connectivity index (χ3v) is 3.86. The van der Waals surface area contributed by atoms with Crippen molar-refractivity contribution in [3.8, 4) is 6.07 Å². The van der Waals surface area contributed by atoms with E-state index in [9.17, 15) is 15.2 Å². The number of nitriles is 1. The van der Waals surface area contributed by atoms with E-state index < -0.39 is 5.91 Å². The number of amides is 1. The van der Waals surface area contributed by atoms with Crippen molar-refractivity contribution in [2.45, 2.75) is 0 Å². The number of nitrogens with zero attached hydrogens (tertiary/aromatic N) is 2. The molecule has 0 spiro atoms. The predicted molar refractivity (Wildman–Crippen MR) is 99.2 cm³/mol. The fraction of sp³-hybridized carbons (Fsp3) is 0. The zero-order valence-electron chi connectivity index (χ0n) is 13.8. The molecule has 2 aromatic carbocycles. The number of carbonyl (C=O) groups excluding carboxylic acids is 1. The molecule has 0 atom stereocenters. The van der Waals surface area contributed by atoms with Gasteiger partial charge in [-0.2, -0.15) is 5.26 Å². The van der Waals surface area contributed by atoms with Gasteiger partial charge in [-0.25, -0.2) is 0 Å². The molecule has 0 aromatic heterocycles. The highest BCUT2D eigenvalue weighted by molar-refractivity contribution is 6.17. The average Bonchev–Trinajstić information content (AvgIpc) is 2.92. The molecular formula is C21H15N3O2. The van der Waals surface area contributed by atoms with Crippen LogP contribution >= 0.6 is 0 Å². The smallest absolute Gasteiger partial charge is 0.264 e. The molecule has 0 saturated carbocycles. The molecule has 2 N–H and O–H groups in total. The van der Waals surface area contributed by atoms with Crippen LogP contribution in [0.4, 0.5) is 0 Å². The van der Waals surface area contributed by atoms with Crippen LogP contribution in [0, 0.1) is 16.7 Å². The number of aliphatic hydroxyl groups is 1. The molecule has 3 rings (SSSR count). The van der Waals surface area contributed by atoms with Crippen LogP contribution in [-0.2, 0) is 0 Å². The minimum absolute atomic E-state index is 0.104. The second-order valence-corrected chi connectivity index (χ2v) is 5.51. The molecule has 1 aliphatic rings. The SMILES string of the molecule is N#CC1=C(O)/C(=C\C=C/c2ccccc2)N(C(=O)c2ccccc2)C1=N. The fourth-order valence-electron chi connectivity index (χ4n) is 2.57. The zero-order valence-corrected chi connectivity index (χ0v) is 13.8. The second kappa shape index (κ2) is 7.32. The lowest BCUT2D eigenvalue weighted by molar-refractivity contribution is 0.0878. The van der Waals surface area contributed by atoms with Crippen LogP contribution in [0.1, 0.15) is 15.9 Å². The number of benzene rings is 2. The van der Waals surface area contributed by atoms with Crippen LogP contribution < -0.4 is 0 Å². The minimum Gasteiger partial charge on any atom is -0.504 e. The highest BCUT2D eigenvalue weighted by Gasteiger charge is 2.36. The molecule has 1 heterocycles. The van der Waals surface area contributed by atoms with Gasteiger partial charge in [-0.1, -0.05) is 60.7 Å². The van der Waals surface area contributed by atoms with Crippen molar-refractivity contribution in [1.82, 2.24) is 4.90 Å². The molecule has 5 heteroatoms. The maximum atomic E-state index is 12.8. The van der Waals surface area contributed by atoms with Crippen molar-refractivity contribution in [2.24, 2.45) is 0 Å². The normalized spacial score (nSPS) is 15.7. The van der Waals surface area contributed by atoms with Gasteiger partial charge in [-0.3, -0.25) is 15.1 Å². The predicted octanol–water partition coefficient (Wildman–Crippen LogP) is 4.05. The minimum atomic E-state index is -0.480. The van der Waals surface area contributed by atoms with Gasteiger partial charge >= 0.3 is 0 Å². The molecule has 0 radical (unpaired) electrons. The lowest BCUT2D eigenvalue weighted by Gasteiger charge is -2.18. The summed E-state index contributed by atoms with van der Waals surface area (Å²) in [5, 5.41) is 27.6. The summed E-state index contributed by atoms with van der Waals surface area (Å²) in [5.41, 5.74) is 1.19. The van der Waals surface area contributed by atoms with Gasteiger partial charge in [0.15, 0.2) is 11.6 Å². The standard InChI is InChI=1S/C21H15N3O2/c22-14-17-19(25)18(13-7-10-15-8-3-1-4-9-15)24(20(17)23)21(26)16-11-5-2-6-12-16/h1-13,23,25H/b10-7-,18-13+,23-20?. The van der Waals surface area contributed by atoms with Gasteiger partial charge in [-0.15, -0.1) is 0 Å². The third kappa shape index (κ3) is 3.17. The number of hydrogen-bond acceptors (Lipinski definition) is 4. The quantitative estimate of drug-likeness (QED) is 0.882. The van der Waals surface area contributed by atoms with Gasteiger partial charge < -0.3 is 5.11 Å². The molecule has 0 fully saturated rings. The van der Waals surface area contributed by atoms with Gasteiger partial charge in [0, 0.05) is 5.56 Å². The van der Waals surface area contributed by atoms with E-state index in [0.717, 1.165) is 10.5 Å².